The van der Waals surface area contributed by atoms with Gasteiger partial charge in [0, 0.05) is 24.5 Å². The molecule has 0 aliphatic carbocycles. The molecule has 6 heteroatoms. The molecule has 18 heavy (non-hydrogen) atoms. The number of hydrogen-bond donors (Lipinski definition) is 1. The van der Waals surface area contributed by atoms with Crippen molar-refractivity contribution in [2.24, 2.45) is 5.92 Å². The molecule has 0 aromatic rings. The minimum absolute atomic E-state index is 0.456. The Morgan fingerprint density at radius 2 is 2.22 bits per heavy atom. The van der Waals surface area contributed by atoms with Crippen LogP contribution >= 0.6 is 15.9 Å². The van der Waals surface area contributed by atoms with Crippen LogP contribution in [-0.4, -0.2) is 50.0 Å². The molecule has 1 aliphatic heterocycles. The second kappa shape index (κ2) is 7.82. The van der Waals surface area contributed by atoms with Gasteiger partial charge in [0.2, 0.25) is 10.0 Å². The molecule has 1 fully saturated rings. The Labute approximate surface area is 120 Å². The van der Waals surface area contributed by atoms with Crippen molar-refractivity contribution >= 4 is 26.0 Å². The Kier molecular flexibility index (Phi) is 7.13. The molecule has 1 heterocycles. The van der Waals surface area contributed by atoms with Crippen molar-refractivity contribution in [3.8, 4) is 0 Å². The van der Waals surface area contributed by atoms with Crippen molar-refractivity contribution in [1.82, 2.24) is 9.62 Å². The van der Waals surface area contributed by atoms with E-state index in [9.17, 15) is 8.42 Å². The van der Waals surface area contributed by atoms with Gasteiger partial charge in [-0.25, -0.2) is 12.7 Å². The summed E-state index contributed by atoms with van der Waals surface area (Å²) in [5.41, 5.74) is 0. The molecule has 108 valence electrons. The number of piperidine rings is 1. The highest BCUT2D eigenvalue weighted by molar-refractivity contribution is 9.09. The minimum atomic E-state index is -3.02. The number of sulfonamides is 1. The highest BCUT2D eigenvalue weighted by atomic mass is 79.9. The van der Waals surface area contributed by atoms with Crippen molar-refractivity contribution in [2.75, 3.05) is 31.2 Å². The summed E-state index contributed by atoms with van der Waals surface area (Å²) in [5.74, 6) is 0.456. The second-order valence-corrected chi connectivity index (χ2v) is 7.90. The van der Waals surface area contributed by atoms with E-state index in [1.54, 1.807) is 4.31 Å². The summed E-state index contributed by atoms with van der Waals surface area (Å²) in [6.45, 7) is 4.48. The first-order valence-corrected chi connectivity index (χ1v) is 9.68. The number of nitrogens with zero attached hydrogens (tertiary/aromatic N) is 1. The third kappa shape index (κ3) is 5.55. The molecule has 2 atom stereocenters. The third-order valence-corrected chi connectivity index (χ3v) is 5.32. The summed E-state index contributed by atoms with van der Waals surface area (Å²) in [7, 11) is -3.02. The van der Waals surface area contributed by atoms with Gasteiger partial charge in [-0.1, -0.05) is 22.9 Å². The molecule has 1 aliphatic rings. The molecule has 1 rings (SSSR count). The molecule has 0 radical (unpaired) electrons. The summed E-state index contributed by atoms with van der Waals surface area (Å²) in [6, 6.07) is 0.540. The van der Waals surface area contributed by atoms with Gasteiger partial charge in [0.25, 0.3) is 0 Å². The van der Waals surface area contributed by atoms with Gasteiger partial charge in [-0.05, 0) is 38.1 Å². The highest BCUT2D eigenvalue weighted by Crippen LogP contribution is 2.18. The zero-order chi connectivity index (χ0) is 13.6. The fourth-order valence-corrected chi connectivity index (χ4v) is 3.91. The fourth-order valence-electron chi connectivity index (χ4n) is 2.41. The van der Waals surface area contributed by atoms with Gasteiger partial charge in [-0.3, -0.25) is 0 Å². The van der Waals surface area contributed by atoms with Crippen LogP contribution in [0.3, 0.4) is 0 Å². The van der Waals surface area contributed by atoms with E-state index < -0.39 is 10.0 Å². The lowest BCUT2D eigenvalue weighted by molar-refractivity contribution is 0.254. The summed E-state index contributed by atoms with van der Waals surface area (Å²) in [5, 5.41) is 4.57. The van der Waals surface area contributed by atoms with E-state index >= 15 is 0 Å². The SMILES string of the molecule is CCC(CCBr)NCC1CCCN(S(C)(=O)=O)C1. The molecule has 2 unspecified atom stereocenters. The first-order chi connectivity index (χ1) is 8.47. The van der Waals surface area contributed by atoms with Crippen LogP contribution in [0, 0.1) is 5.92 Å². The number of hydrogen-bond acceptors (Lipinski definition) is 3. The molecule has 0 saturated carbocycles. The van der Waals surface area contributed by atoms with Gasteiger partial charge in [-0.2, -0.15) is 0 Å². The lowest BCUT2D eigenvalue weighted by Crippen LogP contribution is -2.44. The molecule has 0 spiro atoms. The van der Waals surface area contributed by atoms with Crippen molar-refractivity contribution < 1.29 is 8.42 Å². The second-order valence-electron chi connectivity index (χ2n) is 5.12. The lowest BCUT2D eigenvalue weighted by Gasteiger charge is -2.32. The minimum Gasteiger partial charge on any atom is -0.314 e. The van der Waals surface area contributed by atoms with E-state index in [1.807, 2.05) is 0 Å². The van der Waals surface area contributed by atoms with E-state index in [2.05, 4.69) is 28.2 Å². The number of alkyl halides is 1. The Bertz CT molecular complexity index is 335. The molecule has 0 amide bonds. The molecule has 4 nitrogen and oxygen atoms in total. The van der Waals surface area contributed by atoms with Crippen LogP contribution in [-0.2, 0) is 10.0 Å². The number of nitrogens with one attached hydrogen (secondary N) is 1. The topological polar surface area (TPSA) is 49.4 Å². The monoisotopic (exact) mass is 340 g/mol. The smallest absolute Gasteiger partial charge is 0.211 e. The Morgan fingerprint density at radius 1 is 1.50 bits per heavy atom. The maximum atomic E-state index is 11.5. The van der Waals surface area contributed by atoms with E-state index in [1.165, 1.54) is 6.26 Å². The first-order valence-electron chi connectivity index (χ1n) is 6.71. The van der Waals surface area contributed by atoms with Crippen molar-refractivity contribution in [3.63, 3.8) is 0 Å². The maximum Gasteiger partial charge on any atom is 0.211 e. The van der Waals surface area contributed by atoms with Crippen LogP contribution in [0.5, 0.6) is 0 Å². The average molecular weight is 341 g/mol. The molecule has 1 saturated heterocycles. The molecule has 0 aromatic heterocycles. The number of halogens is 1. The largest absolute Gasteiger partial charge is 0.314 e. The fraction of sp³-hybridized carbons (Fsp3) is 1.00. The van der Waals surface area contributed by atoms with Gasteiger partial charge in [-0.15, -0.1) is 0 Å². The zero-order valence-corrected chi connectivity index (χ0v) is 13.8. The molecular formula is C12H25BrN2O2S. The summed E-state index contributed by atoms with van der Waals surface area (Å²) < 4.78 is 24.7. The van der Waals surface area contributed by atoms with Crippen LogP contribution in [0.15, 0.2) is 0 Å². The quantitative estimate of drug-likeness (QED) is 0.719. The predicted octanol–water partition coefficient (Wildman–Crippen LogP) is 1.81. The predicted molar refractivity (Wildman–Crippen MR) is 79.6 cm³/mol. The molecule has 0 bridgehead atoms. The van der Waals surface area contributed by atoms with E-state index in [0.29, 0.717) is 25.0 Å². The third-order valence-electron chi connectivity index (χ3n) is 3.60. The Morgan fingerprint density at radius 3 is 2.78 bits per heavy atom. The standard InChI is InChI=1S/C12H25BrN2O2S/c1-3-12(6-7-13)14-9-11-5-4-8-15(10-11)18(2,16)17/h11-12,14H,3-10H2,1-2H3. The van der Waals surface area contributed by atoms with Crippen molar-refractivity contribution in [1.29, 1.82) is 0 Å². The van der Waals surface area contributed by atoms with Crippen molar-refractivity contribution in [3.05, 3.63) is 0 Å². The summed E-state index contributed by atoms with van der Waals surface area (Å²) in [4.78, 5) is 0. The van der Waals surface area contributed by atoms with Crippen LogP contribution in [0.2, 0.25) is 0 Å². The van der Waals surface area contributed by atoms with Crippen LogP contribution in [0.4, 0.5) is 0 Å². The molecule has 1 N–H and O–H groups in total. The maximum absolute atomic E-state index is 11.5. The molecular weight excluding hydrogens is 316 g/mol. The van der Waals surface area contributed by atoms with Gasteiger partial charge < -0.3 is 5.32 Å². The molecule has 0 aromatic carbocycles. The van der Waals surface area contributed by atoms with E-state index in [0.717, 1.165) is 37.6 Å². The van der Waals surface area contributed by atoms with Crippen LogP contribution in [0.25, 0.3) is 0 Å². The van der Waals surface area contributed by atoms with Crippen LogP contribution < -0.4 is 5.32 Å². The van der Waals surface area contributed by atoms with E-state index in [4.69, 9.17) is 0 Å². The van der Waals surface area contributed by atoms with E-state index in [-0.39, 0.29) is 0 Å². The number of rotatable bonds is 7. The van der Waals surface area contributed by atoms with Crippen molar-refractivity contribution in [2.45, 2.75) is 38.6 Å². The summed E-state index contributed by atoms with van der Waals surface area (Å²) >= 11 is 3.46. The summed E-state index contributed by atoms with van der Waals surface area (Å²) in [6.07, 6.45) is 5.66. The highest BCUT2D eigenvalue weighted by Gasteiger charge is 2.25. The van der Waals surface area contributed by atoms with Crippen LogP contribution in [0.1, 0.15) is 32.6 Å². The average Bonchev–Trinajstić information content (AvgIpc) is 2.34. The van der Waals surface area contributed by atoms with Gasteiger partial charge in [0.05, 0.1) is 6.26 Å². The lowest BCUT2D eigenvalue weighted by atomic mass is 9.99. The van der Waals surface area contributed by atoms with Gasteiger partial charge in [0.15, 0.2) is 0 Å². The normalized spacial score (nSPS) is 24.1. The van der Waals surface area contributed by atoms with Gasteiger partial charge >= 0.3 is 0 Å². The Balaban J connectivity index is 2.38. The van der Waals surface area contributed by atoms with Gasteiger partial charge in [0.1, 0.15) is 0 Å². The zero-order valence-electron chi connectivity index (χ0n) is 11.4. The first kappa shape index (κ1) is 16.4. The Hall–Kier alpha value is 0.350.